The summed E-state index contributed by atoms with van der Waals surface area (Å²) in [5, 5.41) is 7.60. The van der Waals surface area contributed by atoms with E-state index in [4.69, 9.17) is 5.73 Å². The Kier molecular flexibility index (Phi) is 2.60. The highest BCUT2D eigenvalue weighted by Gasteiger charge is 2.43. The number of benzene rings is 1. The number of anilines is 2. The zero-order chi connectivity index (χ0) is 14.3. The third-order valence-electron chi connectivity index (χ3n) is 4.22. The van der Waals surface area contributed by atoms with Crippen molar-refractivity contribution in [1.29, 1.82) is 0 Å². The lowest BCUT2D eigenvalue weighted by atomic mass is 9.96. The second-order valence-electron chi connectivity index (χ2n) is 5.69. The Morgan fingerprint density at radius 2 is 2.00 bits per heavy atom. The number of rotatable bonds is 4. The quantitative estimate of drug-likeness (QED) is 0.769. The van der Waals surface area contributed by atoms with Crippen molar-refractivity contribution in [3.63, 3.8) is 0 Å². The summed E-state index contributed by atoms with van der Waals surface area (Å²) in [4.78, 5) is 4.18. The van der Waals surface area contributed by atoms with Crippen LogP contribution in [0.5, 0.6) is 0 Å². The van der Waals surface area contributed by atoms with E-state index in [0.717, 1.165) is 17.9 Å². The molecule has 2 aromatic heterocycles. The van der Waals surface area contributed by atoms with Crippen LogP contribution < -0.4 is 11.1 Å². The molecule has 4 rings (SSSR count). The van der Waals surface area contributed by atoms with Crippen molar-refractivity contribution in [2.24, 2.45) is 0 Å². The van der Waals surface area contributed by atoms with Crippen LogP contribution in [-0.4, -0.2) is 21.1 Å². The van der Waals surface area contributed by atoms with Gasteiger partial charge in [-0.15, -0.1) is 5.10 Å². The third-order valence-corrected chi connectivity index (χ3v) is 4.22. The molecule has 1 saturated carbocycles. The van der Waals surface area contributed by atoms with Gasteiger partial charge in [0.25, 0.3) is 0 Å². The van der Waals surface area contributed by atoms with Gasteiger partial charge < -0.3 is 11.1 Å². The molecule has 0 atom stereocenters. The van der Waals surface area contributed by atoms with Crippen molar-refractivity contribution in [1.82, 2.24) is 14.6 Å². The molecule has 0 radical (unpaired) electrons. The van der Waals surface area contributed by atoms with Crippen molar-refractivity contribution in [2.45, 2.75) is 18.3 Å². The van der Waals surface area contributed by atoms with Gasteiger partial charge in [-0.1, -0.05) is 30.3 Å². The summed E-state index contributed by atoms with van der Waals surface area (Å²) in [5.41, 5.74) is 9.14. The van der Waals surface area contributed by atoms with Crippen LogP contribution >= 0.6 is 0 Å². The summed E-state index contributed by atoms with van der Waals surface area (Å²) >= 11 is 0. The molecule has 3 N–H and O–H groups in total. The highest BCUT2D eigenvalue weighted by Crippen LogP contribution is 2.48. The molecule has 0 spiro atoms. The predicted molar refractivity (Wildman–Crippen MR) is 83.2 cm³/mol. The lowest BCUT2D eigenvalue weighted by molar-refractivity contribution is 0.732. The molecule has 2 heterocycles. The van der Waals surface area contributed by atoms with Gasteiger partial charge in [-0.2, -0.15) is 4.98 Å². The molecule has 1 aliphatic carbocycles. The second-order valence-corrected chi connectivity index (χ2v) is 5.69. The molecule has 0 saturated heterocycles. The summed E-state index contributed by atoms with van der Waals surface area (Å²) in [6.07, 6.45) is 4.36. The van der Waals surface area contributed by atoms with Gasteiger partial charge in [0.05, 0.1) is 0 Å². The maximum absolute atomic E-state index is 5.61. The SMILES string of the molecule is Nc1nc2cc(NCC3(c4ccccc4)CC3)ccn2n1. The van der Waals surface area contributed by atoms with Crippen molar-refractivity contribution >= 4 is 17.3 Å². The number of hydrogen-bond donors (Lipinski definition) is 2. The Labute approximate surface area is 122 Å². The highest BCUT2D eigenvalue weighted by molar-refractivity contribution is 5.56. The molecule has 0 aliphatic heterocycles. The zero-order valence-electron chi connectivity index (χ0n) is 11.7. The molecule has 5 heteroatoms. The molecular weight excluding hydrogens is 262 g/mol. The van der Waals surface area contributed by atoms with Crippen LogP contribution in [0.1, 0.15) is 18.4 Å². The van der Waals surface area contributed by atoms with Crippen LogP contribution in [0.3, 0.4) is 0 Å². The van der Waals surface area contributed by atoms with Gasteiger partial charge in [-0.25, -0.2) is 4.52 Å². The molecule has 0 bridgehead atoms. The van der Waals surface area contributed by atoms with Gasteiger partial charge in [0.15, 0.2) is 5.65 Å². The number of nitrogens with two attached hydrogens (primary N) is 1. The van der Waals surface area contributed by atoms with E-state index >= 15 is 0 Å². The first-order valence-electron chi connectivity index (χ1n) is 7.17. The van der Waals surface area contributed by atoms with Crippen LogP contribution in [0, 0.1) is 0 Å². The topological polar surface area (TPSA) is 68.2 Å². The van der Waals surface area contributed by atoms with Crippen molar-refractivity contribution in [2.75, 3.05) is 17.6 Å². The van der Waals surface area contributed by atoms with Crippen molar-refractivity contribution in [3.8, 4) is 0 Å². The van der Waals surface area contributed by atoms with Crippen LogP contribution in [0.4, 0.5) is 11.6 Å². The minimum absolute atomic E-state index is 0.292. The summed E-state index contributed by atoms with van der Waals surface area (Å²) in [6, 6.07) is 14.7. The lowest BCUT2D eigenvalue weighted by Crippen LogP contribution is -2.19. The van der Waals surface area contributed by atoms with Gasteiger partial charge in [0.2, 0.25) is 5.95 Å². The summed E-state index contributed by atoms with van der Waals surface area (Å²) in [5.74, 6) is 0.301. The Balaban J connectivity index is 1.53. The minimum atomic E-state index is 0.292. The number of hydrogen-bond acceptors (Lipinski definition) is 4. The average Bonchev–Trinajstić information content (AvgIpc) is 3.21. The molecule has 5 nitrogen and oxygen atoms in total. The van der Waals surface area contributed by atoms with Gasteiger partial charge in [0.1, 0.15) is 0 Å². The third kappa shape index (κ3) is 2.20. The normalized spacial score (nSPS) is 16.0. The van der Waals surface area contributed by atoms with Gasteiger partial charge >= 0.3 is 0 Å². The van der Waals surface area contributed by atoms with Crippen LogP contribution in [0.2, 0.25) is 0 Å². The fourth-order valence-corrected chi connectivity index (χ4v) is 2.79. The fraction of sp³-hybridized carbons (Fsp3) is 0.250. The van der Waals surface area contributed by atoms with E-state index in [1.807, 2.05) is 18.3 Å². The van der Waals surface area contributed by atoms with E-state index in [1.54, 1.807) is 4.52 Å². The molecule has 0 amide bonds. The summed E-state index contributed by atoms with van der Waals surface area (Å²) in [6.45, 7) is 0.941. The first-order chi connectivity index (χ1) is 10.3. The predicted octanol–water partition coefficient (Wildman–Crippen LogP) is 2.46. The van der Waals surface area contributed by atoms with E-state index in [-0.39, 0.29) is 0 Å². The maximum Gasteiger partial charge on any atom is 0.240 e. The van der Waals surface area contributed by atoms with E-state index in [9.17, 15) is 0 Å². The number of aromatic nitrogens is 3. The maximum atomic E-state index is 5.61. The van der Waals surface area contributed by atoms with Crippen LogP contribution in [0.25, 0.3) is 5.65 Å². The first kappa shape index (κ1) is 12.2. The summed E-state index contributed by atoms with van der Waals surface area (Å²) < 4.78 is 1.69. The Morgan fingerprint density at radius 1 is 1.19 bits per heavy atom. The minimum Gasteiger partial charge on any atom is -0.384 e. The Morgan fingerprint density at radius 3 is 2.76 bits per heavy atom. The average molecular weight is 279 g/mol. The van der Waals surface area contributed by atoms with E-state index in [2.05, 4.69) is 45.7 Å². The number of nitrogens with zero attached hydrogens (tertiary/aromatic N) is 3. The van der Waals surface area contributed by atoms with Crippen molar-refractivity contribution < 1.29 is 0 Å². The number of nitrogen functional groups attached to an aromatic ring is 1. The lowest BCUT2D eigenvalue weighted by Gasteiger charge is -2.17. The standard InChI is InChI=1S/C16H17N5/c17-15-19-14-10-13(6-9-21(14)20-15)18-11-16(7-8-16)12-4-2-1-3-5-12/h1-6,9-10,18H,7-8,11H2,(H2,17,20). The second kappa shape index (κ2) is 4.48. The zero-order valence-corrected chi connectivity index (χ0v) is 11.7. The fourth-order valence-electron chi connectivity index (χ4n) is 2.79. The van der Waals surface area contributed by atoms with E-state index in [1.165, 1.54) is 18.4 Å². The van der Waals surface area contributed by atoms with Crippen LogP contribution in [-0.2, 0) is 5.41 Å². The molecule has 3 aromatic rings. The molecule has 1 fully saturated rings. The molecule has 21 heavy (non-hydrogen) atoms. The monoisotopic (exact) mass is 279 g/mol. The highest BCUT2D eigenvalue weighted by atomic mass is 15.3. The Bertz CT molecular complexity index is 774. The smallest absolute Gasteiger partial charge is 0.240 e. The molecular formula is C16H17N5. The van der Waals surface area contributed by atoms with Gasteiger partial charge in [0, 0.05) is 29.9 Å². The number of fused-ring (bicyclic) bond motifs is 1. The van der Waals surface area contributed by atoms with Gasteiger partial charge in [-0.05, 0) is 24.5 Å². The van der Waals surface area contributed by atoms with Gasteiger partial charge in [-0.3, -0.25) is 0 Å². The molecule has 1 aromatic carbocycles. The van der Waals surface area contributed by atoms with E-state index in [0.29, 0.717) is 11.4 Å². The molecule has 1 aliphatic rings. The van der Waals surface area contributed by atoms with E-state index < -0.39 is 0 Å². The number of nitrogens with one attached hydrogen (secondary N) is 1. The molecule has 106 valence electrons. The largest absolute Gasteiger partial charge is 0.384 e. The van der Waals surface area contributed by atoms with Crippen LogP contribution in [0.15, 0.2) is 48.7 Å². The Hall–Kier alpha value is -2.56. The first-order valence-corrected chi connectivity index (χ1v) is 7.17. The molecule has 0 unspecified atom stereocenters. The number of pyridine rings is 1. The summed E-state index contributed by atoms with van der Waals surface area (Å²) in [7, 11) is 0. The van der Waals surface area contributed by atoms with Crippen molar-refractivity contribution in [3.05, 3.63) is 54.2 Å².